The number of hydrogen-bond acceptors (Lipinski definition) is 6. The lowest BCUT2D eigenvalue weighted by Crippen LogP contribution is -2.31. The summed E-state index contributed by atoms with van der Waals surface area (Å²) in [7, 11) is 1.34. The van der Waals surface area contributed by atoms with Crippen LogP contribution in [0.1, 0.15) is 29.9 Å². The molecule has 1 aliphatic heterocycles. The molecule has 1 unspecified atom stereocenters. The van der Waals surface area contributed by atoms with Crippen molar-refractivity contribution in [2.24, 2.45) is 0 Å². The third kappa shape index (κ3) is 3.38. The molecule has 1 atom stereocenters. The number of carbonyl (C=O) groups is 1. The first-order chi connectivity index (χ1) is 9.01. The van der Waals surface area contributed by atoms with E-state index in [9.17, 15) is 4.79 Å². The summed E-state index contributed by atoms with van der Waals surface area (Å²) in [6.07, 6.45) is 1.07. The molecule has 0 aromatic carbocycles. The zero-order valence-corrected chi connectivity index (χ0v) is 12.8. The van der Waals surface area contributed by atoms with E-state index in [0.717, 1.165) is 19.5 Å². The lowest BCUT2D eigenvalue weighted by atomic mass is 10.3. The smallest absolute Gasteiger partial charge is 0.351 e. The van der Waals surface area contributed by atoms with Crippen LogP contribution in [0, 0.1) is 0 Å². The molecule has 0 saturated carbocycles. The Morgan fingerprint density at radius 2 is 2.37 bits per heavy atom. The summed E-state index contributed by atoms with van der Waals surface area (Å²) in [5.41, 5.74) is 0. The molecular weight excluding hydrogens is 286 g/mol. The quantitative estimate of drug-likeness (QED) is 0.866. The second-order valence-corrected chi connectivity index (χ2v) is 6.21. The van der Waals surface area contributed by atoms with Crippen LogP contribution in [-0.4, -0.2) is 48.1 Å². The molecule has 0 aliphatic carbocycles. The van der Waals surface area contributed by atoms with Crippen LogP contribution >= 0.6 is 22.9 Å². The number of nitrogens with zero attached hydrogens (tertiary/aromatic N) is 2. The Kier molecular flexibility index (Phi) is 4.65. The summed E-state index contributed by atoms with van der Waals surface area (Å²) in [6, 6.07) is 0.910. The van der Waals surface area contributed by atoms with E-state index in [0.29, 0.717) is 22.1 Å². The van der Waals surface area contributed by atoms with Crippen molar-refractivity contribution in [2.75, 3.05) is 25.5 Å². The average molecular weight is 304 g/mol. The van der Waals surface area contributed by atoms with E-state index >= 15 is 0 Å². The molecule has 1 aliphatic rings. The van der Waals surface area contributed by atoms with Crippen LogP contribution in [0.25, 0.3) is 0 Å². The summed E-state index contributed by atoms with van der Waals surface area (Å²) < 4.78 is 4.66. The van der Waals surface area contributed by atoms with Gasteiger partial charge in [0, 0.05) is 25.2 Å². The van der Waals surface area contributed by atoms with Crippen LogP contribution in [0.4, 0.5) is 5.13 Å². The molecule has 0 amide bonds. The molecule has 0 bridgehead atoms. The standard InChI is InChI=1S/C12H18ClN3O2S/c1-7(2)16-5-4-8(6-16)14-12-15-10(13)9(19-12)11(17)18-3/h7-8H,4-6H2,1-3H3,(H,14,15). The van der Waals surface area contributed by atoms with Gasteiger partial charge in [0.05, 0.1) is 7.11 Å². The molecule has 1 saturated heterocycles. The third-order valence-corrected chi connectivity index (χ3v) is 4.59. The van der Waals surface area contributed by atoms with Crippen LogP contribution in [-0.2, 0) is 4.74 Å². The Morgan fingerprint density at radius 1 is 1.63 bits per heavy atom. The highest BCUT2D eigenvalue weighted by Gasteiger charge is 2.25. The lowest BCUT2D eigenvalue weighted by Gasteiger charge is -2.20. The fraction of sp³-hybridized carbons (Fsp3) is 0.667. The van der Waals surface area contributed by atoms with Crippen molar-refractivity contribution in [1.29, 1.82) is 0 Å². The van der Waals surface area contributed by atoms with Gasteiger partial charge in [-0.15, -0.1) is 0 Å². The van der Waals surface area contributed by atoms with Gasteiger partial charge in [-0.1, -0.05) is 22.9 Å². The normalized spacial score (nSPS) is 19.9. The van der Waals surface area contributed by atoms with Gasteiger partial charge in [-0.2, -0.15) is 0 Å². The maximum Gasteiger partial charge on any atom is 0.351 e. The van der Waals surface area contributed by atoms with Crippen LogP contribution < -0.4 is 5.32 Å². The van der Waals surface area contributed by atoms with Gasteiger partial charge in [-0.3, -0.25) is 4.90 Å². The zero-order chi connectivity index (χ0) is 14.0. The predicted octanol–water partition coefficient (Wildman–Crippen LogP) is 2.48. The molecule has 106 valence electrons. The molecule has 7 heteroatoms. The maximum absolute atomic E-state index is 11.5. The van der Waals surface area contributed by atoms with Gasteiger partial charge < -0.3 is 10.1 Å². The number of esters is 1. The Bertz CT molecular complexity index is 464. The van der Waals surface area contributed by atoms with Crippen LogP contribution in [0.5, 0.6) is 0 Å². The van der Waals surface area contributed by atoms with Gasteiger partial charge in [0.2, 0.25) is 0 Å². The summed E-state index contributed by atoms with van der Waals surface area (Å²) >= 11 is 7.17. The first-order valence-electron chi connectivity index (χ1n) is 6.26. The van der Waals surface area contributed by atoms with Crippen molar-refractivity contribution in [2.45, 2.75) is 32.4 Å². The van der Waals surface area contributed by atoms with Gasteiger partial charge in [-0.05, 0) is 20.3 Å². The van der Waals surface area contributed by atoms with E-state index in [1.54, 1.807) is 0 Å². The van der Waals surface area contributed by atoms with E-state index < -0.39 is 5.97 Å². The predicted molar refractivity (Wildman–Crippen MR) is 77.2 cm³/mol. The number of anilines is 1. The van der Waals surface area contributed by atoms with Crippen molar-refractivity contribution < 1.29 is 9.53 Å². The number of carbonyl (C=O) groups excluding carboxylic acids is 1. The number of ether oxygens (including phenoxy) is 1. The zero-order valence-electron chi connectivity index (χ0n) is 11.3. The van der Waals surface area contributed by atoms with E-state index in [1.165, 1.54) is 18.4 Å². The van der Waals surface area contributed by atoms with E-state index in [2.05, 4.69) is 33.8 Å². The Labute approximate surface area is 121 Å². The molecule has 19 heavy (non-hydrogen) atoms. The van der Waals surface area contributed by atoms with E-state index in [-0.39, 0.29) is 5.15 Å². The molecule has 0 radical (unpaired) electrons. The van der Waals surface area contributed by atoms with E-state index in [1.807, 2.05) is 0 Å². The van der Waals surface area contributed by atoms with Crippen molar-refractivity contribution in [3.05, 3.63) is 10.0 Å². The number of nitrogens with one attached hydrogen (secondary N) is 1. The molecule has 1 N–H and O–H groups in total. The van der Waals surface area contributed by atoms with Gasteiger partial charge in [0.25, 0.3) is 0 Å². The minimum Gasteiger partial charge on any atom is -0.465 e. The van der Waals surface area contributed by atoms with Crippen molar-refractivity contribution in [1.82, 2.24) is 9.88 Å². The molecule has 1 aromatic rings. The first-order valence-corrected chi connectivity index (χ1v) is 7.46. The molecular formula is C12H18ClN3O2S. The fourth-order valence-electron chi connectivity index (χ4n) is 2.13. The number of halogens is 1. The van der Waals surface area contributed by atoms with Crippen LogP contribution in [0.2, 0.25) is 5.15 Å². The molecule has 2 heterocycles. The summed E-state index contributed by atoms with van der Waals surface area (Å²) in [5.74, 6) is -0.439. The Morgan fingerprint density at radius 3 is 2.95 bits per heavy atom. The van der Waals surface area contributed by atoms with Crippen LogP contribution in [0.15, 0.2) is 0 Å². The minimum absolute atomic E-state index is 0.207. The SMILES string of the molecule is COC(=O)c1sc(NC2CCN(C(C)C)C2)nc1Cl. The number of thiazole rings is 1. The topological polar surface area (TPSA) is 54.5 Å². The van der Waals surface area contributed by atoms with Crippen LogP contribution in [0.3, 0.4) is 0 Å². The van der Waals surface area contributed by atoms with Crippen molar-refractivity contribution >= 4 is 34.0 Å². The fourth-order valence-corrected chi connectivity index (χ4v) is 3.31. The summed E-state index contributed by atoms with van der Waals surface area (Å²) in [4.78, 5) is 18.4. The first kappa shape index (κ1) is 14.6. The number of hydrogen-bond donors (Lipinski definition) is 1. The van der Waals surface area contributed by atoms with Gasteiger partial charge >= 0.3 is 5.97 Å². The van der Waals surface area contributed by atoms with E-state index in [4.69, 9.17) is 11.6 Å². The molecule has 0 spiro atoms. The van der Waals surface area contributed by atoms with Crippen molar-refractivity contribution in [3.63, 3.8) is 0 Å². The maximum atomic E-state index is 11.5. The lowest BCUT2D eigenvalue weighted by molar-refractivity contribution is 0.0606. The Hall–Kier alpha value is -0.850. The second kappa shape index (κ2) is 6.07. The largest absolute Gasteiger partial charge is 0.465 e. The van der Waals surface area contributed by atoms with Gasteiger partial charge in [0.15, 0.2) is 15.2 Å². The summed E-state index contributed by atoms with van der Waals surface area (Å²) in [5, 5.41) is 4.23. The van der Waals surface area contributed by atoms with Crippen molar-refractivity contribution in [3.8, 4) is 0 Å². The highest BCUT2D eigenvalue weighted by atomic mass is 35.5. The monoisotopic (exact) mass is 303 g/mol. The number of methoxy groups -OCH3 is 1. The minimum atomic E-state index is -0.439. The van der Waals surface area contributed by atoms with Gasteiger partial charge in [0.1, 0.15) is 0 Å². The average Bonchev–Trinajstić information content (AvgIpc) is 2.96. The number of aromatic nitrogens is 1. The third-order valence-electron chi connectivity index (χ3n) is 3.23. The molecule has 1 fully saturated rings. The molecule has 2 rings (SSSR count). The van der Waals surface area contributed by atoms with Gasteiger partial charge in [-0.25, -0.2) is 9.78 Å². The number of rotatable bonds is 4. The second-order valence-electron chi connectivity index (χ2n) is 4.85. The Balaban J connectivity index is 1.99. The highest BCUT2D eigenvalue weighted by Crippen LogP contribution is 2.29. The number of likely N-dealkylation sites (tertiary alicyclic amines) is 1. The highest BCUT2D eigenvalue weighted by molar-refractivity contribution is 7.18. The summed E-state index contributed by atoms with van der Waals surface area (Å²) in [6.45, 7) is 6.46. The molecule has 5 nitrogen and oxygen atoms in total. The molecule has 1 aromatic heterocycles.